The van der Waals surface area contributed by atoms with Gasteiger partial charge in [-0.1, -0.05) is 36.4 Å². The van der Waals surface area contributed by atoms with Crippen LogP contribution in [0.5, 0.6) is 17.2 Å². The Morgan fingerprint density at radius 1 is 0.862 bits per heavy atom. The topological polar surface area (TPSA) is 136 Å². The van der Waals surface area contributed by atoms with Gasteiger partial charge in [-0.2, -0.15) is 0 Å². The molecule has 0 aliphatic carbocycles. The number of nitrogens with two attached hydrogens (primary N) is 2. The molecule has 29 heavy (non-hydrogen) atoms. The highest BCUT2D eigenvalue weighted by Gasteiger charge is 1.96. The minimum atomic E-state index is -0.968. The Kier molecular flexibility index (Phi) is 10.9. The van der Waals surface area contributed by atoms with Gasteiger partial charge >= 0.3 is 5.97 Å². The largest absolute Gasteiger partial charge is 0.508 e. The summed E-state index contributed by atoms with van der Waals surface area (Å²) in [5, 5.41) is 16.6. The first kappa shape index (κ1) is 23.4. The van der Waals surface area contributed by atoms with Gasteiger partial charge in [0.05, 0.1) is 6.54 Å². The molecule has 0 radical (unpaired) electrons. The van der Waals surface area contributed by atoms with Crippen molar-refractivity contribution in [1.82, 2.24) is 0 Å². The van der Waals surface area contributed by atoms with Crippen LogP contribution in [0.3, 0.4) is 0 Å². The molecular weight excluding hydrogens is 372 g/mol. The van der Waals surface area contributed by atoms with Gasteiger partial charge in [0, 0.05) is 17.7 Å². The molecule has 0 unspecified atom stereocenters. The zero-order chi connectivity index (χ0) is 21.5. The number of ether oxygens (including phenoxy) is 1. The SMILES string of the molecule is NCC(=O)O.NCc1ccccc1O.O=Cc1ccc(Oc2ccccc2)cc1. The highest BCUT2D eigenvalue weighted by Crippen LogP contribution is 2.20. The molecule has 0 fully saturated rings. The smallest absolute Gasteiger partial charge is 0.317 e. The number of phenols is 1. The molecule has 0 aromatic heterocycles. The van der Waals surface area contributed by atoms with E-state index in [0.29, 0.717) is 12.1 Å². The number of carboxylic acid groups (broad SMARTS) is 1. The maximum atomic E-state index is 10.4. The van der Waals surface area contributed by atoms with Crippen molar-refractivity contribution in [2.45, 2.75) is 6.54 Å². The van der Waals surface area contributed by atoms with E-state index < -0.39 is 5.97 Å². The zero-order valence-electron chi connectivity index (χ0n) is 15.8. The fourth-order valence-electron chi connectivity index (χ4n) is 1.92. The summed E-state index contributed by atoms with van der Waals surface area (Å²) in [5.74, 6) is 0.827. The fraction of sp³-hybridized carbons (Fsp3) is 0.0909. The maximum absolute atomic E-state index is 10.4. The molecule has 0 atom stereocenters. The Labute approximate surface area is 169 Å². The summed E-state index contributed by atoms with van der Waals surface area (Å²) in [4.78, 5) is 19.7. The highest BCUT2D eigenvalue weighted by molar-refractivity contribution is 5.74. The molecule has 0 aliphatic rings. The Bertz CT molecular complexity index is 868. The third-order valence-corrected chi connectivity index (χ3v) is 3.38. The number of phenolic OH excluding ortho intramolecular Hbond substituents is 1. The average molecular weight is 396 g/mol. The van der Waals surface area contributed by atoms with E-state index in [1.54, 1.807) is 42.5 Å². The van der Waals surface area contributed by atoms with Crippen molar-refractivity contribution in [3.8, 4) is 17.2 Å². The molecule has 0 amide bonds. The number of carbonyl (C=O) groups excluding carboxylic acids is 1. The van der Waals surface area contributed by atoms with Gasteiger partial charge in [-0.3, -0.25) is 9.59 Å². The molecule has 0 spiro atoms. The molecule has 7 heteroatoms. The molecular formula is C22H24N2O5. The Hall–Kier alpha value is -3.68. The minimum absolute atomic E-state index is 0.278. The van der Waals surface area contributed by atoms with Crippen molar-refractivity contribution < 1.29 is 24.5 Å². The van der Waals surface area contributed by atoms with Gasteiger partial charge in [-0.05, 0) is 42.5 Å². The van der Waals surface area contributed by atoms with E-state index in [4.69, 9.17) is 20.7 Å². The number of hydrogen-bond donors (Lipinski definition) is 4. The molecule has 152 valence electrons. The standard InChI is InChI=1S/C13H10O2.C7H9NO.C2H5NO2/c14-10-11-6-8-13(9-7-11)15-12-4-2-1-3-5-12;8-5-6-3-1-2-4-7(6)9;3-1-2(4)5/h1-10H;1-4,9H,5,8H2;1,3H2,(H,4,5). The lowest BCUT2D eigenvalue weighted by Crippen LogP contribution is -2.10. The molecule has 0 aliphatic heterocycles. The summed E-state index contributed by atoms with van der Waals surface area (Å²) in [6, 6.07) is 23.6. The van der Waals surface area contributed by atoms with Gasteiger partial charge in [0.25, 0.3) is 0 Å². The van der Waals surface area contributed by atoms with Gasteiger partial charge in [-0.25, -0.2) is 0 Å². The molecule has 0 saturated heterocycles. The number of benzene rings is 3. The number of carboxylic acids is 1. The summed E-state index contributed by atoms with van der Waals surface area (Å²) >= 11 is 0. The first-order valence-electron chi connectivity index (χ1n) is 8.67. The number of aromatic hydroxyl groups is 1. The van der Waals surface area contributed by atoms with E-state index >= 15 is 0 Å². The molecule has 3 rings (SSSR count). The van der Waals surface area contributed by atoms with Crippen molar-refractivity contribution >= 4 is 12.3 Å². The van der Waals surface area contributed by atoms with Crippen LogP contribution in [0.1, 0.15) is 15.9 Å². The molecule has 6 N–H and O–H groups in total. The second-order valence-corrected chi connectivity index (χ2v) is 5.53. The van der Waals surface area contributed by atoms with Crippen LogP contribution in [0.15, 0.2) is 78.9 Å². The summed E-state index contributed by atoms with van der Waals surface area (Å²) < 4.78 is 5.56. The molecule has 0 bridgehead atoms. The van der Waals surface area contributed by atoms with E-state index in [9.17, 15) is 9.59 Å². The van der Waals surface area contributed by atoms with Gasteiger partial charge in [0.1, 0.15) is 23.5 Å². The summed E-state index contributed by atoms with van der Waals surface area (Å²) in [6.07, 6.45) is 0.812. The lowest BCUT2D eigenvalue weighted by molar-refractivity contribution is -0.135. The number of hydrogen-bond acceptors (Lipinski definition) is 6. The van der Waals surface area contributed by atoms with Crippen LogP contribution in [-0.2, 0) is 11.3 Å². The normalized spacial score (nSPS) is 9.17. The molecule has 3 aromatic carbocycles. The summed E-state index contributed by atoms with van der Waals surface area (Å²) in [5.41, 5.74) is 11.3. The molecule has 0 heterocycles. The van der Waals surface area contributed by atoms with E-state index in [2.05, 4.69) is 5.73 Å². The Morgan fingerprint density at radius 2 is 1.38 bits per heavy atom. The first-order chi connectivity index (χ1) is 14.0. The summed E-state index contributed by atoms with van der Waals surface area (Å²) in [7, 11) is 0. The second kappa shape index (κ2) is 13.5. The van der Waals surface area contributed by atoms with E-state index in [-0.39, 0.29) is 12.3 Å². The van der Waals surface area contributed by atoms with Crippen LogP contribution in [-0.4, -0.2) is 29.0 Å². The Morgan fingerprint density at radius 3 is 1.83 bits per heavy atom. The molecule has 0 saturated carbocycles. The quantitative estimate of drug-likeness (QED) is 0.486. The predicted molar refractivity (Wildman–Crippen MR) is 111 cm³/mol. The van der Waals surface area contributed by atoms with Crippen LogP contribution in [0.2, 0.25) is 0 Å². The van der Waals surface area contributed by atoms with Gasteiger partial charge in [0.2, 0.25) is 0 Å². The predicted octanol–water partition coefficient (Wildman–Crippen LogP) is 3.17. The lowest BCUT2D eigenvalue weighted by Gasteiger charge is -2.04. The highest BCUT2D eigenvalue weighted by atomic mass is 16.5. The number of aldehydes is 1. The van der Waals surface area contributed by atoms with Crippen molar-refractivity contribution in [3.05, 3.63) is 90.0 Å². The summed E-state index contributed by atoms with van der Waals surface area (Å²) in [6.45, 7) is 0.118. The van der Waals surface area contributed by atoms with Crippen LogP contribution >= 0.6 is 0 Å². The van der Waals surface area contributed by atoms with Crippen LogP contribution in [0.25, 0.3) is 0 Å². The minimum Gasteiger partial charge on any atom is -0.508 e. The molecule has 3 aromatic rings. The van der Waals surface area contributed by atoms with Gasteiger partial charge in [-0.15, -0.1) is 0 Å². The third-order valence-electron chi connectivity index (χ3n) is 3.38. The van der Waals surface area contributed by atoms with Crippen molar-refractivity contribution in [2.24, 2.45) is 11.5 Å². The monoisotopic (exact) mass is 396 g/mol. The van der Waals surface area contributed by atoms with Crippen LogP contribution < -0.4 is 16.2 Å². The number of rotatable bonds is 5. The van der Waals surface area contributed by atoms with E-state index in [1.165, 1.54) is 0 Å². The van der Waals surface area contributed by atoms with Crippen LogP contribution in [0.4, 0.5) is 0 Å². The maximum Gasteiger partial charge on any atom is 0.317 e. The van der Waals surface area contributed by atoms with Crippen molar-refractivity contribution in [1.29, 1.82) is 0 Å². The number of para-hydroxylation sites is 2. The zero-order valence-corrected chi connectivity index (χ0v) is 15.8. The van der Waals surface area contributed by atoms with Crippen LogP contribution in [0, 0.1) is 0 Å². The average Bonchev–Trinajstić information content (AvgIpc) is 2.76. The lowest BCUT2D eigenvalue weighted by atomic mass is 10.2. The number of carbonyl (C=O) groups is 2. The fourth-order valence-corrected chi connectivity index (χ4v) is 1.92. The van der Waals surface area contributed by atoms with Crippen molar-refractivity contribution in [2.75, 3.05) is 6.54 Å². The molecule has 7 nitrogen and oxygen atoms in total. The Balaban J connectivity index is 0.000000255. The van der Waals surface area contributed by atoms with Gasteiger partial charge < -0.3 is 26.4 Å². The third kappa shape index (κ3) is 9.71. The van der Waals surface area contributed by atoms with E-state index in [0.717, 1.165) is 23.3 Å². The number of aliphatic carboxylic acids is 1. The van der Waals surface area contributed by atoms with Gasteiger partial charge in [0.15, 0.2) is 0 Å². The van der Waals surface area contributed by atoms with Crippen molar-refractivity contribution in [3.63, 3.8) is 0 Å². The van der Waals surface area contributed by atoms with E-state index in [1.807, 2.05) is 36.4 Å². The second-order valence-electron chi connectivity index (χ2n) is 5.53. The first-order valence-corrected chi connectivity index (χ1v) is 8.67.